The first-order chi connectivity index (χ1) is 15.8. The third-order valence-electron chi connectivity index (χ3n) is 5.59. The summed E-state index contributed by atoms with van der Waals surface area (Å²) in [5, 5.41) is 17.4. The van der Waals surface area contributed by atoms with Crippen LogP contribution in [0.4, 0.5) is 8.78 Å². The first-order valence-corrected chi connectivity index (χ1v) is 10.3. The Morgan fingerprint density at radius 1 is 1.18 bits per heavy atom. The second kappa shape index (κ2) is 8.91. The number of hydrogen-bond donors (Lipinski definition) is 2. The number of aliphatic hydroxyl groups excluding tert-OH is 1. The van der Waals surface area contributed by atoms with Crippen LogP contribution in [0, 0.1) is 11.6 Å². The average molecular weight is 450 g/mol. The molecule has 0 saturated carbocycles. The van der Waals surface area contributed by atoms with Gasteiger partial charge in [-0.15, -0.1) is 0 Å². The zero-order chi connectivity index (χ0) is 23.7. The number of nitrogens with zero attached hydrogens (tertiary/aromatic N) is 3. The number of carbonyl (C=O) groups excluding carboxylic acids is 1. The van der Waals surface area contributed by atoms with Crippen LogP contribution in [0.2, 0.25) is 0 Å². The average Bonchev–Trinajstić information content (AvgIpc) is 2.79. The minimum absolute atomic E-state index is 0.0578. The Morgan fingerprint density at radius 3 is 2.61 bits per heavy atom. The Hall–Kier alpha value is -3.91. The van der Waals surface area contributed by atoms with Crippen molar-refractivity contribution < 1.29 is 18.7 Å². The molecule has 2 aromatic rings. The third-order valence-corrected chi connectivity index (χ3v) is 5.59. The van der Waals surface area contributed by atoms with Crippen LogP contribution in [0.3, 0.4) is 0 Å². The number of halogens is 2. The number of likely N-dealkylation sites (N-methyl/N-ethyl adjacent to an activating group) is 1. The smallest absolute Gasteiger partial charge is 0.276 e. The van der Waals surface area contributed by atoms with Crippen molar-refractivity contribution in [2.75, 3.05) is 13.7 Å². The largest absolute Gasteiger partial charge is 0.505 e. The first kappa shape index (κ1) is 22.3. The molecule has 0 aromatic heterocycles. The lowest BCUT2D eigenvalue weighted by Crippen LogP contribution is -2.55. The standard InChI is InChI=1S/C25H24F2N4O2/c1-16-21(17(2)28-12-19-9-10-20(26)11-22(19)27)14-31-23(24(16)32)25(33)29(3)15-30(31)13-18-7-5-4-6-8-18/h4-11,14,28,32H,1-2,12-13,15H2,3H3. The molecule has 0 radical (unpaired) electrons. The van der Waals surface area contributed by atoms with Gasteiger partial charge in [0.25, 0.3) is 5.91 Å². The number of allylic oxidation sites excluding steroid dienone is 2. The highest BCUT2D eigenvalue weighted by atomic mass is 19.1. The van der Waals surface area contributed by atoms with Crippen molar-refractivity contribution in [1.82, 2.24) is 20.2 Å². The molecule has 6 nitrogen and oxygen atoms in total. The maximum atomic E-state index is 14.0. The monoisotopic (exact) mass is 450 g/mol. The predicted molar refractivity (Wildman–Crippen MR) is 121 cm³/mol. The number of benzene rings is 2. The van der Waals surface area contributed by atoms with Crippen LogP contribution in [-0.4, -0.2) is 39.6 Å². The molecule has 0 aliphatic carbocycles. The highest BCUT2D eigenvalue weighted by molar-refractivity contribution is 5.95. The van der Waals surface area contributed by atoms with Gasteiger partial charge in [0.2, 0.25) is 0 Å². The van der Waals surface area contributed by atoms with Gasteiger partial charge in [0.1, 0.15) is 11.6 Å². The summed E-state index contributed by atoms with van der Waals surface area (Å²) in [6.45, 7) is 8.78. The van der Waals surface area contributed by atoms with Crippen LogP contribution in [0.5, 0.6) is 0 Å². The number of hydrazine groups is 1. The SMILES string of the molecule is C=C(NCc1ccc(F)cc1F)C1=CN2C(=C(O)C1=C)C(=O)N(C)CN2Cc1ccccc1. The van der Waals surface area contributed by atoms with E-state index in [1.807, 2.05) is 35.3 Å². The van der Waals surface area contributed by atoms with Gasteiger partial charge >= 0.3 is 0 Å². The maximum Gasteiger partial charge on any atom is 0.276 e. The van der Waals surface area contributed by atoms with Gasteiger partial charge in [-0.05, 0) is 11.6 Å². The molecule has 2 aromatic carbocycles. The highest BCUT2D eigenvalue weighted by Gasteiger charge is 2.38. The van der Waals surface area contributed by atoms with Crippen LogP contribution < -0.4 is 5.32 Å². The van der Waals surface area contributed by atoms with Crippen molar-refractivity contribution in [3.63, 3.8) is 0 Å². The van der Waals surface area contributed by atoms with Crippen molar-refractivity contribution in [3.05, 3.63) is 119 Å². The van der Waals surface area contributed by atoms with Gasteiger partial charge in [0.15, 0.2) is 11.5 Å². The number of rotatable bonds is 6. The van der Waals surface area contributed by atoms with Gasteiger partial charge in [-0.1, -0.05) is 49.6 Å². The molecule has 0 unspecified atom stereocenters. The quantitative estimate of drug-likeness (QED) is 0.698. The molecule has 0 bridgehead atoms. The summed E-state index contributed by atoms with van der Waals surface area (Å²) < 4.78 is 27.2. The van der Waals surface area contributed by atoms with Crippen LogP contribution in [0.25, 0.3) is 0 Å². The Balaban J connectivity index is 1.60. The fraction of sp³-hybridized carbons (Fsp3) is 0.160. The molecule has 2 heterocycles. The summed E-state index contributed by atoms with van der Waals surface area (Å²) in [6.07, 6.45) is 1.68. The van der Waals surface area contributed by atoms with Crippen molar-refractivity contribution in [2.24, 2.45) is 0 Å². The summed E-state index contributed by atoms with van der Waals surface area (Å²) in [4.78, 5) is 14.3. The van der Waals surface area contributed by atoms with Crippen molar-refractivity contribution in [3.8, 4) is 0 Å². The number of carbonyl (C=O) groups is 1. The van der Waals surface area contributed by atoms with Gasteiger partial charge in [-0.25, -0.2) is 8.78 Å². The molecule has 4 rings (SSSR count). The molecule has 0 spiro atoms. The molecule has 33 heavy (non-hydrogen) atoms. The molecule has 8 heteroatoms. The molecular formula is C25H24F2N4O2. The zero-order valence-electron chi connectivity index (χ0n) is 18.2. The molecular weight excluding hydrogens is 426 g/mol. The zero-order valence-corrected chi connectivity index (χ0v) is 18.2. The molecule has 1 saturated heterocycles. The van der Waals surface area contributed by atoms with E-state index >= 15 is 0 Å². The molecule has 1 amide bonds. The van der Waals surface area contributed by atoms with E-state index in [1.165, 1.54) is 17.0 Å². The number of amides is 1. The molecule has 2 aliphatic heterocycles. The number of hydrogen-bond acceptors (Lipinski definition) is 5. The number of fused-ring (bicyclic) bond motifs is 1. The summed E-state index contributed by atoms with van der Waals surface area (Å²) in [5.74, 6) is -1.91. The van der Waals surface area contributed by atoms with Crippen LogP contribution in [-0.2, 0) is 17.9 Å². The van der Waals surface area contributed by atoms with E-state index in [0.29, 0.717) is 24.5 Å². The van der Waals surface area contributed by atoms with E-state index in [0.717, 1.165) is 11.6 Å². The fourth-order valence-electron chi connectivity index (χ4n) is 3.77. The van der Waals surface area contributed by atoms with Crippen LogP contribution in [0.1, 0.15) is 11.1 Å². The van der Waals surface area contributed by atoms with Crippen molar-refractivity contribution in [2.45, 2.75) is 13.1 Å². The first-order valence-electron chi connectivity index (χ1n) is 10.3. The Kier molecular flexibility index (Phi) is 6.02. The Morgan fingerprint density at radius 2 is 1.91 bits per heavy atom. The lowest BCUT2D eigenvalue weighted by Gasteiger charge is -2.45. The van der Waals surface area contributed by atoms with Gasteiger partial charge in [-0.3, -0.25) is 9.80 Å². The van der Waals surface area contributed by atoms with Gasteiger partial charge in [0, 0.05) is 54.8 Å². The van der Waals surface area contributed by atoms with Gasteiger partial charge in [-0.2, -0.15) is 5.01 Å². The number of nitrogens with one attached hydrogen (secondary N) is 1. The summed E-state index contributed by atoms with van der Waals surface area (Å²) >= 11 is 0. The minimum atomic E-state index is -0.671. The topological polar surface area (TPSA) is 59.1 Å². The predicted octanol–water partition coefficient (Wildman–Crippen LogP) is 3.94. The van der Waals surface area contributed by atoms with E-state index in [2.05, 4.69) is 18.5 Å². The van der Waals surface area contributed by atoms with Gasteiger partial charge < -0.3 is 15.3 Å². The lowest BCUT2D eigenvalue weighted by molar-refractivity contribution is -0.144. The summed E-state index contributed by atoms with van der Waals surface area (Å²) in [7, 11) is 1.66. The van der Waals surface area contributed by atoms with Crippen LogP contribution >= 0.6 is 0 Å². The van der Waals surface area contributed by atoms with E-state index in [-0.39, 0.29) is 35.0 Å². The van der Waals surface area contributed by atoms with Gasteiger partial charge in [0.05, 0.1) is 6.67 Å². The number of aliphatic hydroxyl groups is 1. The molecule has 0 atom stereocenters. The van der Waals surface area contributed by atoms with Crippen LogP contribution in [0.15, 0.2) is 96.2 Å². The summed E-state index contributed by atoms with van der Waals surface area (Å²) in [6, 6.07) is 13.1. The van der Waals surface area contributed by atoms with E-state index in [9.17, 15) is 18.7 Å². The molecule has 2 aliphatic rings. The molecule has 2 N–H and O–H groups in total. The van der Waals surface area contributed by atoms with E-state index in [4.69, 9.17) is 0 Å². The van der Waals surface area contributed by atoms with Crippen molar-refractivity contribution >= 4 is 5.91 Å². The van der Waals surface area contributed by atoms with E-state index < -0.39 is 11.6 Å². The van der Waals surface area contributed by atoms with Crippen molar-refractivity contribution in [1.29, 1.82) is 0 Å². The lowest BCUT2D eigenvalue weighted by atomic mass is 9.98. The van der Waals surface area contributed by atoms with E-state index in [1.54, 1.807) is 18.3 Å². The normalized spacial score (nSPS) is 16.6. The highest BCUT2D eigenvalue weighted by Crippen LogP contribution is 2.35. The fourth-order valence-corrected chi connectivity index (χ4v) is 3.77. The second-order valence-electron chi connectivity index (χ2n) is 7.93. The molecule has 1 fully saturated rings. The Bertz CT molecular complexity index is 1190. The second-order valence-corrected chi connectivity index (χ2v) is 7.93. The molecule has 170 valence electrons. The Labute approximate surface area is 191 Å². The minimum Gasteiger partial charge on any atom is -0.505 e. The summed E-state index contributed by atoms with van der Waals surface area (Å²) in [5.41, 5.74) is 2.46. The third kappa shape index (κ3) is 4.38. The maximum absolute atomic E-state index is 14.0.